The molecule has 0 aliphatic heterocycles. The van der Waals surface area contributed by atoms with Gasteiger partial charge in [-0.25, -0.2) is 4.98 Å². The number of thioether (sulfide) groups is 1. The van der Waals surface area contributed by atoms with Crippen LogP contribution in [-0.4, -0.2) is 26.6 Å². The smallest absolute Gasteiger partial charge is 0.259 e. The fourth-order valence-electron chi connectivity index (χ4n) is 3.26. The second-order valence-corrected chi connectivity index (χ2v) is 8.56. The first kappa shape index (κ1) is 18.2. The number of fused-ring (bicyclic) bond motifs is 3. The molecule has 8 heteroatoms. The van der Waals surface area contributed by atoms with Crippen molar-refractivity contribution in [1.29, 1.82) is 0 Å². The van der Waals surface area contributed by atoms with E-state index in [1.165, 1.54) is 28.6 Å². The Kier molecular flexibility index (Phi) is 5.54. The number of H-pyrrole nitrogens is 1. The summed E-state index contributed by atoms with van der Waals surface area (Å²) in [7, 11) is 0. The highest BCUT2D eigenvalue weighted by Gasteiger charge is 2.19. The van der Waals surface area contributed by atoms with Crippen LogP contribution in [0.1, 0.15) is 34.8 Å². The molecule has 0 bridgehead atoms. The molecule has 0 unspecified atom stereocenters. The van der Waals surface area contributed by atoms with Crippen LogP contribution in [0.15, 0.2) is 29.2 Å². The van der Waals surface area contributed by atoms with Gasteiger partial charge >= 0.3 is 0 Å². The number of carbonyl (C=O) groups excluding carboxylic acids is 1. The number of aromatic nitrogens is 3. The van der Waals surface area contributed by atoms with Crippen LogP contribution in [0.25, 0.3) is 10.2 Å². The number of carbonyl (C=O) groups is 1. The molecule has 27 heavy (non-hydrogen) atoms. The van der Waals surface area contributed by atoms with Crippen molar-refractivity contribution in [3.8, 4) is 0 Å². The zero-order valence-corrected chi connectivity index (χ0v) is 16.4. The summed E-state index contributed by atoms with van der Waals surface area (Å²) in [6.07, 6.45) is 6.06. The van der Waals surface area contributed by atoms with Gasteiger partial charge < -0.3 is 10.3 Å². The van der Waals surface area contributed by atoms with Gasteiger partial charge in [0.05, 0.1) is 29.1 Å². The lowest BCUT2D eigenvalue weighted by atomic mass is 9.97. The van der Waals surface area contributed by atoms with E-state index in [0.717, 1.165) is 35.2 Å². The van der Waals surface area contributed by atoms with Crippen molar-refractivity contribution in [3.05, 3.63) is 56.7 Å². The predicted molar refractivity (Wildman–Crippen MR) is 109 cm³/mol. The van der Waals surface area contributed by atoms with Crippen molar-refractivity contribution in [2.45, 2.75) is 38.0 Å². The Bertz CT molecular complexity index is 1010. The van der Waals surface area contributed by atoms with Crippen molar-refractivity contribution in [3.63, 3.8) is 0 Å². The van der Waals surface area contributed by atoms with Crippen molar-refractivity contribution in [1.82, 2.24) is 20.3 Å². The maximum absolute atomic E-state index is 12.5. The molecule has 3 aromatic rings. The Labute approximate surface area is 164 Å². The summed E-state index contributed by atoms with van der Waals surface area (Å²) < 4.78 is 0. The van der Waals surface area contributed by atoms with Crippen LogP contribution in [0.3, 0.4) is 0 Å². The van der Waals surface area contributed by atoms with E-state index in [9.17, 15) is 9.59 Å². The largest absolute Gasteiger partial charge is 0.350 e. The third-order valence-corrected chi connectivity index (χ3v) is 6.67. The van der Waals surface area contributed by atoms with E-state index in [0.29, 0.717) is 23.9 Å². The molecule has 3 aromatic heterocycles. The number of rotatable bonds is 6. The predicted octanol–water partition coefficient (Wildman–Crippen LogP) is 2.81. The Hall–Kier alpha value is -2.19. The van der Waals surface area contributed by atoms with E-state index in [4.69, 9.17) is 0 Å². The summed E-state index contributed by atoms with van der Waals surface area (Å²) >= 11 is 3.09. The molecule has 0 radical (unpaired) electrons. The van der Waals surface area contributed by atoms with Crippen LogP contribution in [-0.2, 0) is 29.9 Å². The van der Waals surface area contributed by atoms with Gasteiger partial charge in [-0.2, -0.15) is 0 Å². The van der Waals surface area contributed by atoms with Gasteiger partial charge in [0.2, 0.25) is 5.91 Å². The van der Waals surface area contributed by atoms with Crippen LogP contribution < -0.4 is 10.9 Å². The van der Waals surface area contributed by atoms with Crippen LogP contribution in [0.5, 0.6) is 0 Å². The number of thiophene rings is 1. The van der Waals surface area contributed by atoms with Crippen LogP contribution in [0, 0.1) is 0 Å². The van der Waals surface area contributed by atoms with Crippen molar-refractivity contribution in [2.24, 2.45) is 0 Å². The van der Waals surface area contributed by atoms with E-state index in [1.54, 1.807) is 17.5 Å². The van der Waals surface area contributed by atoms with Crippen LogP contribution >= 0.6 is 23.1 Å². The first-order chi connectivity index (χ1) is 13.2. The van der Waals surface area contributed by atoms with E-state index in [2.05, 4.69) is 20.3 Å². The number of aromatic amines is 1. The molecule has 4 rings (SSSR count). The van der Waals surface area contributed by atoms with E-state index < -0.39 is 0 Å². The average Bonchev–Trinajstić information content (AvgIpc) is 3.06. The minimum absolute atomic E-state index is 0.0467. The average molecular weight is 401 g/mol. The number of pyridine rings is 1. The third kappa shape index (κ3) is 4.22. The lowest BCUT2D eigenvalue weighted by Gasteiger charge is -2.09. The quantitative estimate of drug-likeness (QED) is 0.664. The summed E-state index contributed by atoms with van der Waals surface area (Å²) in [6.45, 7) is 0.419. The zero-order valence-electron chi connectivity index (χ0n) is 14.8. The standard InChI is InChI=1S/C19H20N4O2S2/c24-16(21-9-12-5-3-4-8-20-12)11-26-10-15-22-18(25)17-13-6-1-2-7-14(13)27-19(17)23-15/h3-5,8H,1-2,6-7,9-11H2,(H,21,24)(H,22,23,25). The number of aryl methyl sites for hydroxylation is 2. The van der Waals surface area contributed by atoms with E-state index in [1.807, 2.05) is 18.2 Å². The Balaban J connectivity index is 1.35. The molecule has 1 aliphatic rings. The highest BCUT2D eigenvalue weighted by Crippen LogP contribution is 2.33. The highest BCUT2D eigenvalue weighted by atomic mass is 32.2. The number of nitrogens with one attached hydrogen (secondary N) is 2. The van der Waals surface area contributed by atoms with E-state index in [-0.39, 0.29) is 11.5 Å². The van der Waals surface area contributed by atoms with Gasteiger partial charge in [-0.1, -0.05) is 6.07 Å². The maximum Gasteiger partial charge on any atom is 0.259 e. The zero-order chi connectivity index (χ0) is 18.6. The molecular weight excluding hydrogens is 380 g/mol. The summed E-state index contributed by atoms with van der Waals surface area (Å²) in [4.78, 5) is 38.3. The third-order valence-electron chi connectivity index (χ3n) is 4.54. The second-order valence-electron chi connectivity index (χ2n) is 6.49. The number of amides is 1. The summed E-state index contributed by atoms with van der Waals surface area (Å²) in [6, 6.07) is 5.61. The molecule has 0 saturated heterocycles. The minimum Gasteiger partial charge on any atom is -0.350 e. The molecule has 1 amide bonds. The van der Waals surface area contributed by atoms with Gasteiger partial charge in [0.15, 0.2) is 0 Å². The molecule has 6 nitrogen and oxygen atoms in total. The van der Waals surface area contributed by atoms with Gasteiger partial charge in [0.25, 0.3) is 5.56 Å². The summed E-state index contributed by atoms with van der Waals surface area (Å²) in [5, 5.41) is 3.62. The maximum atomic E-state index is 12.5. The van der Waals surface area contributed by atoms with Crippen molar-refractivity contribution < 1.29 is 4.79 Å². The molecule has 3 heterocycles. The number of nitrogens with zero attached hydrogens (tertiary/aromatic N) is 2. The Morgan fingerprint density at radius 2 is 2.19 bits per heavy atom. The van der Waals surface area contributed by atoms with Gasteiger partial charge in [-0.05, 0) is 43.4 Å². The number of hydrogen-bond donors (Lipinski definition) is 2. The first-order valence-electron chi connectivity index (χ1n) is 8.98. The molecule has 1 aliphatic carbocycles. The first-order valence-corrected chi connectivity index (χ1v) is 11.0. The number of hydrogen-bond acceptors (Lipinski definition) is 6. The molecular formula is C19H20N4O2S2. The van der Waals surface area contributed by atoms with E-state index >= 15 is 0 Å². The second kappa shape index (κ2) is 8.22. The SMILES string of the molecule is O=C(CSCc1nc2sc3c(c2c(=O)[nH]1)CCCC3)NCc1ccccn1. The topological polar surface area (TPSA) is 87.7 Å². The molecule has 0 spiro atoms. The molecule has 0 fully saturated rings. The van der Waals surface area contributed by atoms with Gasteiger partial charge in [-0.3, -0.25) is 14.6 Å². The van der Waals surface area contributed by atoms with Gasteiger partial charge in [-0.15, -0.1) is 23.1 Å². The normalized spacial score (nSPS) is 13.5. The fourth-order valence-corrected chi connectivity index (χ4v) is 5.26. The van der Waals surface area contributed by atoms with Crippen LogP contribution in [0.4, 0.5) is 0 Å². The lowest BCUT2D eigenvalue weighted by Crippen LogP contribution is -2.25. The minimum atomic E-state index is -0.0549. The monoisotopic (exact) mass is 400 g/mol. The molecule has 0 atom stereocenters. The van der Waals surface area contributed by atoms with Gasteiger partial charge in [0, 0.05) is 11.1 Å². The molecule has 0 aromatic carbocycles. The Morgan fingerprint density at radius 1 is 1.30 bits per heavy atom. The molecule has 2 N–H and O–H groups in total. The van der Waals surface area contributed by atoms with Crippen molar-refractivity contribution in [2.75, 3.05) is 5.75 Å². The Morgan fingerprint density at radius 3 is 3.04 bits per heavy atom. The molecule has 0 saturated carbocycles. The highest BCUT2D eigenvalue weighted by molar-refractivity contribution is 7.99. The summed E-state index contributed by atoms with van der Waals surface area (Å²) in [5.74, 6) is 1.40. The van der Waals surface area contributed by atoms with Gasteiger partial charge in [0.1, 0.15) is 10.7 Å². The lowest BCUT2D eigenvalue weighted by molar-refractivity contribution is -0.118. The fraction of sp³-hybridized carbons (Fsp3) is 0.368. The summed E-state index contributed by atoms with van der Waals surface area (Å²) in [5.41, 5.74) is 1.98. The molecule has 140 valence electrons. The van der Waals surface area contributed by atoms with Crippen LogP contribution in [0.2, 0.25) is 0 Å². The van der Waals surface area contributed by atoms with Crippen molar-refractivity contribution >= 4 is 39.2 Å².